The fourth-order valence-electron chi connectivity index (χ4n) is 3.82. The third kappa shape index (κ3) is 4.77. The van der Waals surface area contributed by atoms with Gasteiger partial charge in [0.1, 0.15) is 5.82 Å². The second kappa shape index (κ2) is 8.65. The molecule has 2 aromatic heterocycles. The number of carbonyl (C=O) groups excluding carboxylic acids is 1. The van der Waals surface area contributed by atoms with Crippen LogP contribution in [0, 0.1) is 0 Å². The van der Waals surface area contributed by atoms with Crippen molar-refractivity contribution < 1.29 is 22.4 Å². The van der Waals surface area contributed by atoms with Crippen LogP contribution in [0.2, 0.25) is 0 Å². The van der Waals surface area contributed by atoms with E-state index in [1.807, 2.05) is 11.8 Å². The highest BCUT2D eigenvalue weighted by atomic mass is 19.4. The molecular weight excluding hydrogens is 427 g/mol. The zero-order valence-electron chi connectivity index (χ0n) is 17.3. The van der Waals surface area contributed by atoms with Crippen LogP contribution in [-0.2, 0) is 6.18 Å². The fraction of sp³-hybridized carbons (Fsp3) is 0.381. The molecule has 0 bridgehead atoms. The average Bonchev–Trinajstić information content (AvgIpc) is 3.12. The maximum atomic E-state index is 12.7. The Morgan fingerprint density at radius 1 is 1.28 bits per heavy atom. The summed E-state index contributed by atoms with van der Waals surface area (Å²) in [5.41, 5.74) is 0.485. The molecule has 0 saturated carbocycles. The van der Waals surface area contributed by atoms with Crippen LogP contribution >= 0.6 is 0 Å². The topological polar surface area (TPSA) is 94.5 Å². The minimum Gasteiger partial charge on any atom is -0.408 e. The first-order valence-electron chi connectivity index (χ1n) is 10.1. The number of fused-ring (bicyclic) bond motifs is 1. The number of alkyl halides is 3. The van der Waals surface area contributed by atoms with Crippen molar-refractivity contribution >= 4 is 22.8 Å². The quantitative estimate of drug-likeness (QED) is 0.622. The van der Waals surface area contributed by atoms with Gasteiger partial charge in [0.15, 0.2) is 5.58 Å². The smallest absolute Gasteiger partial charge is 0.408 e. The predicted molar refractivity (Wildman–Crippen MR) is 112 cm³/mol. The first kappa shape index (κ1) is 21.9. The molecule has 1 atom stereocenters. The van der Waals surface area contributed by atoms with Crippen molar-refractivity contribution in [3.05, 3.63) is 58.2 Å². The number of halogens is 3. The number of nitrogens with zero attached hydrogens (tertiary/aromatic N) is 3. The van der Waals surface area contributed by atoms with Crippen LogP contribution in [-0.4, -0.2) is 59.5 Å². The molecule has 3 aromatic rings. The van der Waals surface area contributed by atoms with Gasteiger partial charge in [0.05, 0.1) is 11.1 Å². The van der Waals surface area contributed by atoms with Crippen molar-refractivity contribution in [3.8, 4) is 0 Å². The van der Waals surface area contributed by atoms with Gasteiger partial charge in [-0.25, -0.2) is 9.78 Å². The third-order valence-electron chi connectivity index (χ3n) is 5.48. The molecule has 0 unspecified atom stereocenters. The first-order valence-corrected chi connectivity index (χ1v) is 10.1. The maximum absolute atomic E-state index is 12.7. The normalized spacial score (nSPS) is 17.6. The van der Waals surface area contributed by atoms with Crippen molar-refractivity contribution in [3.63, 3.8) is 0 Å². The van der Waals surface area contributed by atoms with E-state index in [-0.39, 0.29) is 11.9 Å². The van der Waals surface area contributed by atoms with E-state index in [0.29, 0.717) is 55.2 Å². The van der Waals surface area contributed by atoms with Crippen LogP contribution in [0.1, 0.15) is 22.8 Å². The molecule has 0 spiro atoms. The summed E-state index contributed by atoms with van der Waals surface area (Å²) in [5, 5.41) is 2.85. The number of oxazole rings is 1. The van der Waals surface area contributed by atoms with Gasteiger partial charge in [0.25, 0.3) is 5.91 Å². The number of aromatic nitrogens is 2. The third-order valence-corrected chi connectivity index (χ3v) is 5.48. The van der Waals surface area contributed by atoms with Gasteiger partial charge in [-0.2, -0.15) is 13.2 Å². The molecular formula is C21H22F3N5O3. The molecule has 1 fully saturated rings. The van der Waals surface area contributed by atoms with E-state index >= 15 is 0 Å². The Hall–Kier alpha value is -3.34. The monoisotopic (exact) mass is 449 g/mol. The van der Waals surface area contributed by atoms with Crippen molar-refractivity contribution in [2.24, 2.45) is 0 Å². The molecule has 11 heteroatoms. The zero-order valence-corrected chi connectivity index (χ0v) is 17.3. The molecule has 1 aliphatic rings. The Morgan fingerprint density at radius 2 is 2.09 bits per heavy atom. The van der Waals surface area contributed by atoms with E-state index in [0.717, 1.165) is 12.3 Å². The molecule has 8 nitrogen and oxygen atoms in total. The second-order valence-electron chi connectivity index (χ2n) is 7.73. The Labute approximate surface area is 181 Å². The van der Waals surface area contributed by atoms with Crippen molar-refractivity contribution in [1.82, 2.24) is 20.2 Å². The number of aromatic amines is 1. The van der Waals surface area contributed by atoms with Crippen LogP contribution < -0.4 is 16.0 Å². The molecule has 4 rings (SSSR count). The lowest BCUT2D eigenvalue weighted by molar-refractivity contribution is -0.137. The van der Waals surface area contributed by atoms with E-state index < -0.39 is 17.5 Å². The summed E-state index contributed by atoms with van der Waals surface area (Å²) >= 11 is 0. The van der Waals surface area contributed by atoms with Gasteiger partial charge in [0.2, 0.25) is 0 Å². The predicted octanol–water partition coefficient (Wildman–Crippen LogP) is 2.48. The summed E-state index contributed by atoms with van der Waals surface area (Å²) in [7, 11) is 0. The number of piperazine rings is 1. The minimum atomic E-state index is -4.40. The molecule has 1 saturated heterocycles. The number of amides is 1. The number of hydrogen-bond donors (Lipinski definition) is 2. The van der Waals surface area contributed by atoms with Gasteiger partial charge in [-0.1, -0.05) is 0 Å². The van der Waals surface area contributed by atoms with E-state index in [1.165, 1.54) is 12.1 Å². The molecule has 1 amide bonds. The van der Waals surface area contributed by atoms with Crippen molar-refractivity contribution in [1.29, 1.82) is 0 Å². The molecule has 1 aliphatic heterocycles. The van der Waals surface area contributed by atoms with Gasteiger partial charge in [-0.15, -0.1) is 0 Å². The standard InChI is InChI=1S/C21H22F3N5O3/c1-13-12-28(8-9-29(13)18-5-3-15(11-26-18)21(22,23)24)7-6-25-19(30)14-2-4-16-17(10-14)32-20(31)27-16/h2-5,10-11,13H,6-9,12H2,1H3,(H,25,30)(H,27,31)/t13-/m1/s1. The number of carbonyl (C=O) groups is 1. The van der Waals surface area contributed by atoms with E-state index in [1.54, 1.807) is 12.1 Å². The summed E-state index contributed by atoms with van der Waals surface area (Å²) < 4.78 is 43.2. The number of hydrogen-bond acceptors (Lipinski definition) is 6. The van der Waals surface area contributed by atoms with Gasteiger partial charge in [0, 0.05) is 50.5 Å². The van der Waals surface area contributed by atoms with Crippen LogP contribution in [0.3, 0.4) is 0 Å². The Balaban J connectivity index is 1.27. The van der Waals surface area contributed by atoms with Crippen LogP contribution in [0.4, 0.5) is 19.0 Å². The van der Waals surface area contributed by atoms with E-state index in [2.05, 4.69) is 20.2 Å². The van der Waals surface area contributed by atoms with Crippen LogP contribution in [0.15, 0.2) is 45.7 Å². The lowest BCUT2D eigenvalue weighted by Crippen LogP contribution is -2.53. The minimum absolute atomic E-state index is 0.0579. The Morgan fingerprint density at radius 3 is 2.78 bits per heavy atom. The zero-order chi connectivity index (χ0) is 22.9. The molecule has 2 N–H and O–H groups in total. The van der Waals surface area contributed by atoms with Gasteiger partial charge < -0.3 is 14.6 Å². The van der Waals surface area contributed by atoms with Crippen LogP contribution in [0.5, 0.6) is 0 Å². The van der Waals surface area contributed by atoms with E-state index in [9.17, 15) is 22.8 Å². The molecule has 0 aliphatic carbocycles. The number of pyridine rings is 1. The Bertz CT molecular complexity index is 1160. The maximum Gasteiger partial charge on any atom is 0.417 e. The SMILES string of the molecule is C[C@@H]1CN(CCNC(=O)c2ccc3[nH]c(=O)oc3c2)CCN1c1ccc(C(F)(F)F)cn1. The molecule has 3 heterocycles. The van der Waals surface area contributed by atoms with Crippen molar-refractivity contribution in [2.75, 3.05) is 37.6 Å². The first-order chi connectivity index (χ1) is 15.2. The lowest BCUT2D eigenvalue weighted by atomic mass is 10.1. The molecule has 0 radical (unpaired) electrons. The largest absolute Gasteiger partial charge is 0.417 e. The second-order valence-corrected chi connectivity index (χ2v) is 7.73. The van der Waals surface area contributed by atoms with Gasteiger partial charge in [-0.05, 0) is 37.3 Å². The summed E-state index contributed by atoms with van der Waals surface area (Å²) in [4.78, 5) is 34.3. The number of anilines is 1. The van der Waals surface area contributed by atoms with Gasteiger partial charge in [-0.3, -0.25) is 14.7 Å². The highest BCUT2D eigenvalue weighted by Gasteiger charge is 2.31. The van der Waals surface area contributed by atoms with E-state index in [4.69, 9.17) is 4.42 Å². The summed E-state index contributed by atoms with van der Waals surface area (Å²) in [6, 6.07) is 7.25. The Kier molecular flexibility index (Phi) is 5.92. The fourth-order valence-corrected chi connectivity index (χ4v) is 3.82. The molecule has 170 valence electrons. The molecule has 32 heavy (non-hydrogen) atoms. The number of rotatable bonds is 5. The average molecular weight is 449 g/mol. The number of benzene rings is 1. The summed E-state index contributed by atoms with van der Waals surface area (Å²) in [6.45, 7) is 5.06. The highest BCUT2D eigenvalue weighted by molar-refractivity contribution is 5.96. The van der Waals surface area contributed by atoms with Crippen molar-refractivity contribution in [2.45, 2.75) is 19.1 Å². The summed E-state index contributed by atoms with van der Waals surface area (Å²) in [6.07, 6.45) is -3.54. The highest BCUT2D eigenvalue weighted by Crippen LogP contribution is 2.30. The van der Waals surface area contributed by atoms with Crippen LogP contribution in [0.25, 0.3) is 11.1 Å². The number of H-pyrrole nitrogens is 1. The lowest BCUT2D eigenvalue weighted by Gasteiger charge is -2.40. The molecule has 1 aromatic carbocycles. The van der Waals surface area contributed by atoms with Gasteiger partial charge >= 0.3 is 11.9 Å². The summed E-state index contributed by atoms with van der Waals surface area (Å²) in [5.74, 6) is -0.320. The number of nitrogens with one attached hydrogen (secondary N) is 2.